The number of carbonyl (C=O) groups is 1. The van der Waals surface area contributed by atoms with Crippen molar-refractivity contribution in [3.63, 3.8) is 0 Å². The molecule has 3 rings (SSSR count). The molecule has 1 fully saturated rings. The second-order valence-corrected chi connectivity index (χ2v) is 7.91. The molecule has 0 bridgehead atoms. The molecule has 3 atom stereocenters. The van der Waals surface area contributed by atoms with Gasteiger partial charge in [-0.25, -0.2) is 0 Å². The number of para-hydroxylation sites is 1. The van der Waals surface area contributed by atoms with Gasteiger partial charge in [0.05, 0.1) is 12.5 Å². The number of carbonyl (C=O) groups excluding carboxylic acids is 1. The molecule has 2 aromatic rings. The lowest BCUT2D eigenvalue weighted by atomic mass is 10.1. The molecule has 5 heteroatoms. The topological polar surface area (TPSA) is 68.5 Å². The van der Waals surface area contributed by atoms with Crippen LogP contribution in [-0.2, 0) is 14.3 Å². The van der Waals surface area contributed by atoms with Crippen LogP contribution in [0.4, 0.5) is 0 Å². The van der Waals surface area contributed by atoms with Crippen molar-refractivity contribution in [3.05, 3.63) is 60.2 Å². The summed E-state index contributed by atoms with van der Waals surface area (Å²) < 4.78 is 17.0. The van der Waals surface area contributed by atoms with E-state index < -0.39 is 6.10 Å². The van der Waals surface area contributed by atoms with Gasteiger partial charge in [0.25, 0.3) is 0 Å². The molecule has 1 saturated carbocycles. The van der Waals surface area contributed by atoms with Crippen LogP contribution in [0.1, 0.15) is 38.9 Å². The van der Waals surface area contributed by atoms with Crippen molar-refractivity contribution in [2.45, 2.75) is 33.3 Å². The Morgan fingerprint density at radius 3 is 2.55 bits per heavy atom. The molecule has 0 saturated heterocycles. The van der Waals surface area contributed by atoms with E-state index in [-0.39, 0.29) is 23.2 Å². The van der Waals surface area contributed by atoms with Gasteiger partial charge in [-0.3, -0.25) is 4.79 Å². The summed E-state index contributed by atoms with van der Waals surface area (Å²) >= 11 is 0. The van der Waals surface area contributed by atoms with Crippen LogP contribution >= 0.6 is 0 Å². The van der Waals surface area contributed by atoms with Crippen molar-refractivity contribution in [2.24, 2.45) is 17.3 Å². The predicted octanol–water partition coefficient (Wildman–Crippen LogP) is 5.29. The number of nitrogens with zero attached hydrogens (tertiary/aromatic N) is 1. The van der Waals surface area contributed by atoms with E-state index in [1.54, 1.807) is 24.3 Å². The van der Waals surface area contributed by atoms with Gasteiger partial charge in [-0.2, -0.15) is 5.26 Å². The van der Waals surface area contributed by atoms with Crippen LogP contribution < -0.4 is 4.74 Å². The lowest BCUT2D eigenvalue weighted by Gasteiger charge is -2.13. The lowest BCUT2D eigenvalue weighted by molar-refractivity contribution is -0.149. The van der Waals surface area contributed by atoms with Gasteiger partial charge in [-0.05, 0) is 36.1 Å². The standard InChI is InChI=1S/C24H27NO4/c1-4-13-27-16-20-22(24(20,2)3)23(26)29-21(15-25)17-9-8-12-19(14-17)28-18-10-6-5-7-11-18/h5-12,14,20-22H,4,13,16H2,1-3H3/t20-,21?,22-/m0/s1. The minimum absolute atomic E-state index is 0.119. The molecule has 0 heterocycles. The number of esters is 1. The summed E-state index contributed by atoms with van der Waals surface area (Å²) in [5.74, 6) is 0.807. The molecule has 0 spiro atoms. The van der Waals surface area contributed by atoms with Gasteiger partial charge in [0.2, 0.25) is 6.10 Å². The van der Waals surface area contributed by atoms with E-state index in [2.05, 4.69) is 13.0 Å². The highest BCUT2D eigenvalue weighted by atomic mass is 16.5. The summed E-state index contributed by atoms with van der Waals surface area (Å²) in [6, 6.07) is 18.6. The molecule has 0 amide bonds. The quantitative estimate of drug-likeness (QED) is 0.428. The largest absolute Gasteiger partial charge is 0.457 e. The molecule has 0 radical (unpaired) electrons. The Bertz CT molecular complexity index is 872. The van der Waals surface area contributed by atoms with E-state index in [1.807, 2.05) is 44.2 Å². The molecule has 152 valence electrons. The molecule has 29 heavy (non-hydrogen) atoms. The minimum Gasteiger partial charge on any atom is -0.457 e. The fourth-order valence-corrected chi connectivity index (χ4v) is 3.60. The first-order chi connectivity index (χ1) is 14.0. The van der Waals surface area contributed by atoms with Crippen LogP contribution in [0.3, 0.4) is 0 Å². The van der Waals surface area contributed by atoms with Crippen LogP contribution in [0.5, 0.6) is 11.5 Å². The number of benzene rings is 2. The van der Waals surface area contributed by atoms with Crippen LogP contribution in [0.15, 0.2) is 54.6 Å². The average molecular weight is 393 g/mol. The Morgan fingerprint density at radius 1 is 1.14 bits per heavy atom. The Hall–Kier alpha value is -2.84. The third-order valence-corrected chi connectivity index (χ3v) is 5.44. The molecular formula is C24H27NO4. The first-order valence-electron chi connectivity index (χ1n) is 9.98. The summed E-state index contributed by atoms with van der Waals surface area (Å²) in [5.41, 5.74) is 0.412. The van der Waals surface area contributed by atoms with E-state index in [4.69, 9.17) is 14.2 Å². The molecule has 0 N–H and O–H groups in total. The molecule has 0 aromatic heterocycles. The number of rotatable bonds is 9. The van der Waals surface area contributed by atoms with E-state index in [0.29, 0.717) is 30.3 Å². The molecule has 1 unspecified atom stereocenters. The summed E-state index contributed by atoms with van der Waals surface area (Å²) in [7, 11) is 0. The Balaban J connectivity index is 1.65. The first kappa shape index (κ1) is 20.9. The van der Waals surface area contributed by atoms with Gasteiger partial charge in [-0.15, -0.1) is 0 Å². The second kappa shape index (κ2) is 9.11. The molecule has 5 nitrogen and oxygen atoms in total. The average Bonchev–Trinajstić information content (AvgIpc) is 3.27. The number of ether oxygens (including phenoxy) is 3. The second-order valence-electron chi connectivity index (χ2n) is 7.91. The van der Waals surface area contributed by atoms with Gasteiger partial charge in [0.1, 0.15) is 17.6 Å². The monoisotopic (exact) mass is 393 g/mol. The molecule has 1 aliphatic carbocycles. The highest BCUT2D eigenvalue weighted by Crippen LogP contribution is 2.59. The van der Waals surface area contributed by atoms with E-state index in [1.165, 1.54) is 0 Å². The summed E-state index contributed by atoms with van der Waals surface area (Å²) in [5, 5.41) is 9.59. The van der Waals surface area contributed by atoms with Crippen molar-refractivity contribution in [3.8, 4) is 17.6 Å². The van der Waals surface area contributed by atoms with Crippen molar-refractivity contribution in [1.29, 1.82) is 5.26 Å². The third kappa shape index (κ3) is 4.96. The van der Waals surface area contributed by atoms with Gasteiger partial charge >= 0.3 is 5.97 Å². The van der Waals surface area contributed by atoms with Crippen molar-refractivity contribution < 1.29 is 19.0 Å². The summed E-state index contributed by atoms with van der Waals surface area (Å²) in [4.78, 5) is 12.7. The summed E-state index contributed by atoms with van der Waals surface area (Å²) in [6.07, 6.45) is -0.0318. The zero-order chi connectivity index (χ0) is 20.9. The van der Waals surface area contributed by atoms with Gasteiger partial charge in [-0.1, -0.05) is 51.1 Å². The van der Waals surface area contributed by atoms with Crippen LogP contribution in [0.25, 0.3) is 0 Å². The van der Waals surface area contributed by atoms with Crippen LogP contribution in [-0.4, -0.2) is 19.2 Å². The smallest absolute Gasteiger partial charge is 0.311 e. The predicted molar refractivity (Wildman–Crippen MR) is 109 cm³/mol. The zero-order valence-corrected chi connectivity index (χ0v) is 17.1. The van der Waals surface area contributed by atoms with Gasteiger partial charge < -0.3 is 14.2 Å². The summed E-state index contributed by atoms with van der Waals surface area (Å²) in [6.45, 7) is 7.35. The molecule has 0 aliphatic heterocycles. The SMILES string of the molecule is CCCOC[C@H]1[C@@H](C(=O)OC(C#N)c2cccc(Oc3ccccc3)c2)C1(C)C. The van der Waals surface area contributed by atoms with Gasteiger partial charge in [0, 0.05) is 18.1 Å². The first-order valence-corrected chi connectivity index (χ1v) is 9.98. The van der Waals surface area contributed by atoms with E-state index in [9.17, 15) is 10.1 Å². The molecule has 1 aliphatic rings. The van der Waals surface area contributed by atoms with Crippen molar-refractivity contribution in [1.82, 2.24) is 0 Å². The maximum absolute atomic E-state index is 12.7. The highest BCUT2D eigenvalue weighted by Gasteiger charge is 2.62. The van der Waals surface area contributed by atoms with Crippen LogP contribution in [0.2, 0.25) is 0 Å². The number of hydrogen-bond acceptors (Lipinski definition) is 5. The lowest BCUT2D eigenvalue weighted by Crippen LogP contribution is -2.15. The van der Waals surface area contributed by atoms with Gasteiger partial charge in [0.15, 0.2) is 0 Å². The Morgan fingerprint density at radius 2 is 1.86 bits per heavy atom. The number of hydrogen-bond donors (Lipinski definition) is 0. The van der Waals surface area contributed by atoms with Crippen LogP contribution in [0, 0.1) is 28.6 Å². The normalized spacial score (nSPS) is 20.3. The fourth-order valence-electron chi connectivity index (χ4n) is 3.60. The van der Waals surface area contributed by atoms with Crippen molar-refractivity contribution >= 4 is 5.97 Å². The molecule has 2 aromatic carbocycles. The highest BCUT2D eigenvalue weighted by molar-refractivity contribution is 5.78. The van der Waals surface area contributed by atoms with E-state index in [0.717, 1.165) is 6.42 Å². The maximum atomic E-state index is 12.7. The minimum atomic E-state index is -0.976. The van der Waals surface area contributed by atoms with Crippen molar-refractivity contribution in [2.75, 3.05) is 13.2 Å². The molecular weight excluding hydrogens is 366 g/mol. The Labute approximate surface area is 172 Å². The maximum Gasteiger partial charge on any atom is 0.311 e. The third-order valence-electron chi connectivity index (χ3n) is 5.44. The number of nitriles is 1. The van der Waals surface area contributed by atoms with E-state index >= 15 is 0 Å². The zero-order valence-electron chi connectivity index (χ0n) is 17.1. The Kier molecular flexibility index (Phi) is 6.56. The fraction of sp³-hybridized carbons (Fsp3) is 0.417.